The lowest BCUT2D eigenvalue weighted by Crippen LogP contribution is -2.52. The Bertz CT molecular complexity index is 410. The zero-order valence-corrected chi connectivity index (χ0v) is 9.78. The van der Waals surface area contributed by atoms with E-state index in [0.29, 0.717) is 17.0 Å². The highest BCUT2D eigenvalue weighted by atomic mass is 35.5. The highest BCUT2D eigenvalue weighted by Crippen LogP contribution is 2.35. The summed E-state index contributed by atoms with van der Waals surface area (Å²) in [4.78, 5) is 6.75. The number of halogens is 1. The fourth-order valence-electron chi connectivity index (χ4n) is 2.56. The van der Waals surface area contributed by atoms with E-state index in [1.54, 1.807) is 6.20 Å². The largest absolute Gasteiger partial charge is 0.377 e. The first-order valence-corrected chi connectivity index (χ1v) is 5.95. The van der Waals surface area contributed by atoms with Crippen LogP contribution >= 0.6 is 11.6 Å². The molecule has 85 valence electrons. The number of rotatable bonds is 0. The molecule has 2 aliphatic heterocycles. The zero-order chi connectivity index (χ0) is 11.1. The fraction of sp³-hybridized carbons (Fsp3) is 0.500. The van der Waals surface area contributed by atoms with E-state index in [2.05, 4.69) is 16.8 Å². The van der Waals surface area contributed by atoms with Gasteiger partial charge in [-0.25, -0.2) is 0 Å². The number of hydrogen-bond acceptors (Lipinski definition) is 3. The average Bonchev–Trinajstić information content (AvgIpc) is 2.31. The van der Waals surface area contributed by atoms with E-state index in [-0.39, 0.29) is 0 Å². The maximum absolute atomic E-state index is 6.01. The molecule has 0 aromatic carbocycles. The Morgan fingerprint density at radius 3 is 3.31 bits per heavy atom. The van der Waals surface area contributed by atoms with Gasteiger partial charge in [0.15, 0.2) is 0 Å². The van der Waals surface area contributed by atoms with Crippen LogP contribution in [0.1, 0.15) is 5.69 Å². The van der Waals surface area contributed by atoms with Gasteiger partial charge in [-0.1, -0.05) is 11.6 Å². The second-order valence-corrected chi connectivity index (χ2v) is 4.86. The van der Waals surface area contributed by atoms with Crippen LogP contribution in [0.5, 0.6) is 0 Å². The van der Waals surface area contributed by atoms with Crippen LogP contribution in [-0.2, 0) is 11.2 Å². The summed E-state index contributed by atoms with van der Waals surface area (Å²) in [6.45, 7) is 6.65. The van der Waals surface area contributed by atoms with E-state index in [0.717, 1.165) is 31.9 Å². The highest BCUT2D eigenvalue weighted by molar-refractivity contribution is 6.30. The molecular formula is C12H14ClN2O. The molecule has 0 spiro atoms. The molecule has 0 bridgehead atoms. The predicted molar refractivity (Wildman–Crippen MR) is 63.8 cm³/mol. The molecule has 2 atom stereocenters. The van der Waals surface area contributed by atoms with E-state index < -0.39 is 0 Å². The molecule has 2 unspecified atom stereocenters. The van der Waals surface area contributed by atoms with E-state index in [1.807, 2.05) is 6.07 Å². The van der Waals surface area contributed by atoms with Gasteiger partial charge in [-0.15, -0.1) is 0 Å². The molecule has 3 nitrogen and oxygen atoms in total. The van der Waals surface area contributed by atoms with Crippen LogP contribution in [0.4, 0.5) is 5.69 Å². The van der Waals surface area contributed by atoms with Gasteiger partial charge in [0.25, 0.3) is 0 Å². The van der Waals surface area contributed by atoms with Crippen molar-refractivity contribution in [2.75, 3.05) is 24.7 Å². The maximum atomic E-state index is 6.01. The van der Waals surface area contributed by atoms with Gasteiger partial charge >= 0.3 is 0 Å². The quantitative estimate of drug-likeness (QED) is 0.690. The van der Waals surface area contributed by atoms with E-state index in [1.165, 1.54) is 5.69 Å². The van der Waals surface area contributed by atoms with Crippen LogP contribution < -0.4 is 4.90 Å². The smallest absolute Gasteiger partial charge is 0.0673 e. The molecule has 2 aliphatic rings. The first-order valence-electron chi connectivity index (χ1n) is 5.57. The minimum absolute atomic E-state index is 0.349. The standard InChI is InChI=1S/C12H14ClN2O/c1-8-4-10-11(5-9(13)6-14-10)15-2-3-16-7-12(8)15/h5-6,8,12H,1-4,7H2. The first kappa shape index (κ1) is 10.4. The second-order valence-electron chi connectivity index (χ2n) is 4.42. The van der Waals surface area contributed by atoms with Gasteiger partial charge in [0.2, 0.25) is 0 Å². The molecule has 1 aromatic rings. The summed E-state index contributed by atoms with van der Waals surface area (Å²) in [7, 11) is 0. The third kappa shape index (κ3) is 1.59. The van der Waals surface area contributed by atoms with Crippen molar-refractivity contribution >= 4 is 17.3 Å². The van der Waals surface area contributed by atoms with Crippen molar-refractivity contribution in [3.8, 4) is 0 Å². The van der Waals surface area contributed by atoms with Crippen LogP contribution in [-0.4, -0.2) is 30.8 Å². The lowest BCUT2D eigenvalue weighted by Gasteiger charge is -2.44. The molecule has 16 heavy (non-hydrogen) atoms. The summed E-state index contributed by atoms with van der Waals surface area (Å²) >= 11 is 6.01. The van der Waals surface area contributed by atoms with E-state index >= 15 is 0 Å². The van der Waals surface area contributed by atoms with E-state index in [4.69, 9.17) is 16.3 Å². The molecule has 1 radical (unpaired) electrons. The lowest BCUT2D eigenvalue weighted by atomic mass is 9.89. The van der Waals surface area contributed by atoms with Gasteiger partial charge in [-0.05, 0) is 25.3 Å². The second kappa shape index (κ2) is 3.90. The fourth-order valence-corrected chi connectivity index (χ4v) is 2.71. The van der Waals surface area contributed by atoms with Crippen molar-refractivity contribution in [2.45, 2.75) is 12.5 Å². The molecule has 3 heterocycles. The number of ether oxygens (including phenoxy) is 1. The van der Waals surface area contributed by atoms with Gasteiger partial charge < -0.3 is 9.64 Å². The van der Waals surface area contributed by atoms with Crippen LogP contribution in [0, 0.1) is 12.8 Å². The summed E-state index contributed by atoms with van der Waals surface area (Å²) in [5, 5.41) is 0.700. The van der Waals surface area contributed by atoms with Gasteiger partial charge in [0, 0.05) is 12.7 Å². The van der Waals surface area contributed by atoms with Crippen molar-refractivity contribution in [2.24, 2.45) is 5.92 Å². The summed E-state index contributed by atoms with van der Waals surface area (Å²) in [5.41, 5.74) is 2.28. The van der Waals surface area contributed by atoms with Crippen molar-refractivity contribution in [1.82, 2.24) is 4.98 Å². The van der Waals surface area contributed by atoms with Crippen LogP contribution in [0.2, 0.25) is 5.02 Å². The van der Waals surface area contributed by atoms with Crippen molar-refractivity contribution in [3.05, 3.63) is 29.9 Å². The first-order chi connectivity index (χ1) is 7.75. The molecular weight excluding hydrogens is 224 g/mol. The van der Waals surface area contributed by atoms with Crippen molar-refractivity contribution < 1.29 is 4.74 Å². The monoisotopic (exact) mass is 237 g/mol. The van der Waals surface area contributed by atoms with Gasteiger partial charge in [-0.3, -0.25) is 4.98 Å². The van der Waals surface area contributed by atoms with Crippen LogP contribution in [0.25, 0.3) is 0 Å². The van der Waals surface area contributed by atoms with E-state index in [9.17, 15) is 0 Å². The molecule has 0 amide bonds. The topological polar surface area (TPSA) is 25.4 Å². The van der Waals surface area contributed by atoms with Crippen molar-refractivity contribution in [3.63, 3.8) is 0 Å². The van der Waals surface area contributed by atoms with Crippen LogP contribution in [0.15, 0.2) is 12.3 Å². The molecule has 1 saturated heterocycles. The number of fused-ring (bicyclic) bond motifs is 3. The Hall–Kier alpha value is -0.800. The maximum Gasteiger partial charge on any atom is 0.0673 e. The molecule has 1 aromatic heterocycles. The third-order valence-corrected chi connectivity index (χ3v) is 3.60. The summed E-state index contributed by atoms with van der Waals surface area (Å²) in [6.07, 6.45) is 2.63. The van der Waals surface area contributed by atoms with Crippen molar-refractivity contribution in [1.29, 1.82) is 0 Å². The summed E-state index contributed by atoms with van der Waals surface area (Å²) < 4.78 is 5.52. The molecule has 0 N–H and O–H groups in total. The molecule has 0 aliphatic carbocycles. The predicted octanol–water partition coefficient (Wildman–Crippen LogP) is 1.95. The molecule has 0 saturated carbocycles. The van der Waals surface area contributed by atoms with Gasteiger partial charge in [0.1, 0.15) is 0 Å². The van der Waals surface area contributed by atoms with Gasteiger partial charge in [0.05, 0.1) is 35.7 Å². The Kier molecular flexibility index (Phi) is 2.52. The molecule has 3 rings (SSSR count). The number of pyridine rings is 1. The Morgan fingerprint density at radius 2 is 2.44 bits per heavy atom. The Labute approximate surface area is 100 Å². The zero-order valence-electron chi connectivity index (χ0n) is 9.03. The summed E-state index contributed by atoms with van der Waals surface area (Å²) in [6, 6.07) is 2.38. The normalized spacial score (nSPS) is 28.5. The minimum atomic E-state index is 0.349. The Morgan fingerprint density at radius 1 is 1.56 bits per heavy atom. The average molecular weight is 238 g/mol. The molecule has 4 heteroatoms. The number of morpholine rings is 1. The highest BCUT2D eigenvalue weighted by Gasteiger charge is 2.34. The number of aromatic nitrogens is 1. The SMILES string of the molecule is [CH2]C1Cc2ncc(Cl)cc2N2CCOCC12. The van der Waals surface area contributed by atoms with Crippen LogP contribution in [0.3, 0.4) is 0 Å². The lowest BCUT2D eigenvalue weighted by molar-refractivity contribution is 0.0786. The Balaban J connectivity index is 2.04. The number of hydrogen-bond donors (Lipinski definition) is 0. The summed E-state index contributed by atoms with van der Waals surface area (Å²) in [5.74, 6) is 0.349. The van der Waals surface area contributed by atoms with Gasteiger partial charge in [-0.2, -0.15) is 0 Å². The molecule has 1 fully saturated rings. The minimum Gasteiger partial charge on any atom is -0.377 e. The number of anilines is 1. The number of nitrogens with zero attached hydrogens (tertiary/aromatic N) is 2. The third-order valence-electron chi connectivity index (χ3n) is 3.39.